The molecule has 1 saturated carbocycles. The number of nitrogens with one attached hydrogen (secondary N) is 1. The first-order chi connectivity index (χ1) is 12.7. The van der Waals surface area contributed by atoms with Gasteiger partial charge in [0.25, 0.3) is 0 Å². The second-order valence-corrected chi connectivity index (χ2v) is 7.90. The van der Waals surface area contributed by atoms with Crippen LogP contribution in [0, 0.1) is 6.92 Å². The Morgan fingerprint density at radius 2 is 1.78 bits per heavy atom. The summed E-state index contributed by atoms with van der Waals surface area (Å²) in [4.78, 5) is 15.7. The summed E-state index contributed by atoms with van der Waals surface area (Å²) in [7, 11) is 0. The average Bonchev–Trinajstić information content (AvgIpc) is 3.33. The number of carbonyl (C=O) groups excluding carboxylic acids is 1. The molecule has 2 aromatic carbocycles. The van der Waals surface area contributed by atoms with Crippen molar-refractivity contribution in [1.82, 2.24) is 10.2 Å². The zero-order valence-corrected chi connectivity index (χ0v) is 16.8. The van der Waals surface area contributed by atoms with Crippen LogP contribution < -0.4 is 5.32 Å². The first-order valence-electron chi connectivity index (χ1n) is 9.83. The smallest absolute Gasteiger partial charge is 0.231 e. The summed E-state index contributed by atoms with van der Waals surface area (Å²) in [6.45, 7) is 5.28. The molecular formula is C23H29ClN2O. The number of carbonyl (C=O) groups is 1. The minimum absolute atomic E-state index is 0. The normalized spacial score (nSPS) is 19.1. The van der Waals surface area contributed by atoms with E-state index in [4.69, 9.17) is 0 Å². The number of halogens is 1. The number of aryl methyl sites for hydroxylation is 1. The van der Waals surface area contributed by atoms with Crippen LogP contribution in [0.4, 0.5) is 0 Å². The fraction of sp³-hybridized carbons (Fsp3) is 0.435. The molecule has 4 heteroatoms. The third-order valence-corrected chi connectivity index (χ3v) is 5.90. The van der Waals surface area contributed by atoms with Crippen molar-refractivity contribution in [1.29, 1.82) is 0 Å². The Morgan fingerprint density at radius 3 is 2.41 bits per heavy atom. The summed E-state index contributed by atoms with van der Waals surface area (Å²) in [5, 5.41) is 3.40. The average molecular weight is 385 g/mol. The highest BCUT2D eigenvalue weighted by atomic mass is 35.5. The molecule has 0 bridgehead atoms. The van der Waals surface area contributed by atoms with E-state index in [-0.39, 0.29) is 29.8 Å². The van der Waals surface area contributed by atoms with Crippen molar-refractivity contribution >= 4 is 18.3 Å². The van der Waals surface area contributed by atoms with Crippen molar-refractivity contribution in [2.45, 2.75) is 44.1 Å². The molecule has 1 aliphatic heterocycles. The van der Waals surface area contributed by atoms with Crippen LogP contribution in [0.1, 0.15) is 48.4 Å². The Kier molecular flexibility index (Phi) is 6.23. The van der Waals surface area contributed by atoms with E-state index in [0.29, 0.717) is 0 Å². The maximum absolute atomic E-state index is 13.3. The van der Waals surface area contributed by atoms with Gasteiger partial charge < -0.3 is 10.2 Å². The molecule has 4 rings (SSSR count). The molecule has 1 aliphatic carbocycles. The van der Waals surface area contributed by atoms with Crippen LogP contribution in [-0.2, 0) is 10.2 Å². The van der Waals surface area contributed by atoms with Gasteiger partial charge in [-0.3, -0.25) is 4.79 Å². The van der Waals surface area contributed by atoms with E-state index in [0.717, 1.165) is 32.5 Å². The maximum Gasteiger partial charge on any atom is 0.231 e. The second-order valence-electron chi connectivity index (χ2n) is 7.90. The van der Waals surface area contributed by atoms with Crippen molar-refractivity contribution in [3.05, 3.63) is 71.3 Å². The van der Waals surface area contributed by atoms with Crippen LogP contribution in [0.5, 0.6) is 0 Å². The summed E-state index contributed by atoms with van der Waals surface area (Å²) in [6, 6.07) is 18.9. The molecule has 0 unspecified atom stereocenters. The fourth-order valence-corrected chi connectivity index (χ4v) is 4.15. The second kappa shape index (κ2) is 8.45. The SMILES string of the molecule is Cc1cccc(C2(C(=O)N[C@H](CN3CCCC3)c3ccccc3)CC2)c1.Cl. The molecule has 3 nitrogen and oxygen atoms in total. The van der Waals surface area contributed by atoms with E-state index >= 15 is 0 Å². The molecule has 0 aromatic heterocycles. The number of likely N-dealkylation sites (tertiary alicyclic amines) is 1. The van der Waals surface area contributed by atoms with Gasteiger partial charge in [-0.25, -0.2) is 0 Å². The van der Waals surface area contributed by atoms with Crippen molar-refractivity contribution in [2.75, 3.05) is 19.6 Å². The highest BCUT2D eigenvalue weighted by molar-refractivity contribution is 5.91. The van der Waals surface area contributed by atoms with Gasteiger partial charge in [0.15, 0.2) is 0 Å². The topological polar surface area (TPSA) is 32.3 Å². The minimum atomic E-state index is -0.315. The molecule has 2 aliphatic rings. The van der Waals surface area contributed by atoms with Crippen LogP contribution in [0.2, 0.25) is 0 Å². The molecule has 1 heterocycles. The largest absolute Gasteiger partial charge is 0.347 e. The van der Waals surface area contributed by atoms with Gasteiger partial charge in [-0.05, 0) is 56.8 Å². The van der Waals surface area contributed by atoms with Gasteiger partial charge in [0.2, 0.25) is 5.91 Å². The van der Waals surface area contributed by atoms with Crippen LogP contribution in [0.25, 0.3) is 0 Å². The Morgan fingerprint density at radius 1 is 1.07 bits per heavy atom. The minimum Gasteiger partial charge on any atom is -0.347 e. The van der Waals surface area contributed by atoms with Gasteiger partial charge in [-0.2, -0.15) is 0 Å². The molecule has 1 atom stereocenters. The van der Waals surface area contributed by atoms with Gasteiger partial charge in [0, 0.05) is 6.54 Å². The standard InChI is InChI=1S/C23H28N2O.ClH/c1-18-8-7-11-20(16-18)23(12-13-23)22(26)24-21(17-25-14-5-6-15-25)19-9-3-2-4-10-19;/h2-4,7-11,16,21H,5-6,12-15,17H2,1H3,(H,24,26);1H/t21-;/m1./s1. The lowest BCUT2D eigenvalue weighted by Crippen LogP contribution is -2.41. The highest BCUT2D eigenvalue weighted by Crippen LogP contribution is 2.49. The van der Waals surface area contributed by atoms with Crippen LogP contribution in [0.15, 0.2) is 54.6 Å². The summed E-state index contributed by atoms with van der Waals surface area (Å²) in [5.41, 5.74) is 3.28. The van der Waals surface area contributed by atoms with Crippen molar-refractivity contribution in [3.63, 3.8) is 0 Å². The van der Waals surface area contributed by atoms with E-state index < -0.39 is 0 Å². The molecule has 0 spiro atoms. The Labute approximate surface area is 168 Å². The molecule has 27 heavy (non-hydrogen) atoms. The lowest BCUT2D eigenvalue weighted by molar-refractivity contribution is -0.124. The molecule has 2 fully saturated rings. The molecule has 144 valence electrons. The van der Waals surface area contributed by atoms with Crippen LogP contribution in [-0.4, -0.2) is 30.4 Å². The molecular weight excluding hydrogens is 356 g/mol. The van der Waals surface area contributed by atoms with E-state index in [1.54, 1.807) is 0 Å². The van der Waals surface area contributed by atoms with Gasteiger partial charge in [0.1, 0.15) is 0 Å². The first-order valence-corrected chi connectivity index (χ1v) is 9.83. The van der Waals surface area contributed by atoms with E-state index in [1.165, 1.54) is 29.5 Å². The van der Waals surface area contributed by atoms with Gasteiger partial charge in [0.05, 0.1) is 11.5 Å². The van der Waals surface area contributed by atoms with Crippen LogP contribution in [0.3, 0.4) is 0 Å². The molecule has 0 radical (unpaired) electrons. The third kappa shape index (κ3) is 4.36. The number of hydrogen-bond donors (Lipinski definition) is 1. The van der Waals surface area contributed by atoms with E-state index in [2.05, 4.69) is 65.7 Å². The number of benzene rings is 2. The van der Waals surface area contributed by atoms with E-state index in [9.17, 15) is 4.79 Å². The number of rotatable bonds is 6. The maximum atomic E-state index is 13.3. The predicted octanol–water partition coefficient (Wildman–Crippen LogP) is 4.40. The van der Waals surface area contributed by atoms with Crippen molar-refractivity contribution < 1.29 is 4.79 Å². The quantitative estimate of drug-likeness (QED) is 0.800. The Bertz CT molecular complexity index is 767. The van der Waals surface area contributed by atoms with Crippen molar-refractivity contribution in [3.8, 4) is 0 Å². The Hall–Kier alpha value is -1.84. The Balaban J connectivity index is 0.00000210. The fourth-order valence-electron chi connectivity index (χ4n) is 4.15. The number of amides is 1. The zero-order chi connectivity index (χ0) is 18.0. The monoisotopic (exact) mass is 384 g/mol. The molecule has 2 aromatic rings. The third-order valence-electron chi connectivity index (χ3n) is 5.90. The summed E-state index contributed by atoms with van der Waals surface area (Å²) in [5.74, 6) is 0.191. The lowest BCUT2D eigenvalue weighted by atomic mass is 9.93. The number of nitrogens with zero attached hydrogens (tertiary/aromatic N) is 1. The van der Waals surface area contributed by atoms with E-state index in [1.807, 2.05) is 6.07 Å². The van der Waals surface area contributed by atoms with Crippen LogP contribution >= 0.6 is 12.4 Å². The summed E-state index contributed by atoms with van der Waals surface area (Å²) in [6.07, 6.45) is 4.44. The van der Waals surface area contributed by atoms with Gasteiger partial charge >= 0.3 is 0 Å². The zero-order valence-electron chi connectivity index (χ0n) is 16.0. The highest BCUT2D eigenvalue weighted by Gasteiger charge is 2.51. The molecule has 1 N–H and O–H groups in total. The van der Waals surface area contributed by atoms with Crippen molar-refractivity contribution in [2.24, 2.45) is 0 Å². The number of hydrogen-bond acceptors (Lipinski definition) is 2. The summed E-state index contributed by atoms with van der Waals surface area (Å²) < 4.78 is 0. The lowest BCUT2D eigenvalue weighted by Gasteiger charge is -2.27. The van der Waals surface area contributed by atoms with Gasteiger partial charge in [-0.1, -0.05) is 60.2 Å². The predicted molar refractivity (Wildman–Crippen MR) is 112 cm³/mol. The van der Waals surface area contributed by atoms with Gasteiger partial charge in [-0.15, -0.1) is 12.4 Å². The molecule has 1 amide bonds. The summed E-state index contributed by atoms with van der Waals surface area (Å²) >= 11 is 0. The first kappa shape index (κ1) is 19.9. The molecule has 1 saturated heterocycles.